The van der Waals surface area contributed by atoms with Gasteiger partial charge in [-0.1, -0.05) is 0 Å². The van der Waals surface area contributed by atoms with Crippen LogP contribution in [0.3, 0.4) is 0 Å². The molecule has 0 amide bonds. The molecule has 0 aromatic carbocycles. The standard InChI is InChI=1S/C8H15NO2.ClH/c10-8(11)6-7-2-1-4-9-5-3-7;/h7,9H,1-6H2,(H,10,11);1H. The SMILES string of the molecule is Cl.O=C(O)CC1CCCNCC1. The Bertz CT molecular complexity index is 133. The van der Waals surface area contributed by atoms with Gasteiger partial charge in [-0.25, -0.2) is 0 Å². The van der Waals surface area contributed by atoms with Crippen LogP contribution in [0.15, 0.2) is 0 Å². The molecule has 0 radical (unpaired) electrons. The summed E-state index contributed by atoms with van der Waals surface area (Å²) >= 11 is 0. The second kappa shape index (κ2) is 6.26. The molecule has 1 rings (SSSR count). The van der Waals surface area contributed by atoms with Crippen LogP contribution in [0.2, 0.25) is 0 Å². The van der Waals surface area contributed by atoms with E-state index in [2.05, 4.69) is 5.32 Å². The summed E-state index contributed by atoms with van der Waals surface area (Å²) in [5.74, 6) is -0.251. The molecule has 1 heterocycles. The Morgan fingerprint density at radius 2 is 2.17 bits per heavy atom. The second-order valence-electron chi connectivity index (χ2n) is 3.14. The Kier molecular flexibility index (Phi) is 6.11. The number of carboxylic acids is 1. The summed E-state index contributed by atoms with van der Waals surface area (Å²) < 4.78 is 0. The van der Waals surface area contributed by atoms with Gasteiger partial charge < -0.3 is 10.4 Å². The number of hydrogen-bond acceptors (Lipinski definition) is 2. The van der Waals surface area contributed by atoms with Gasteiger partial charge in [-0.05, 0) is 38.3 Å². The van der Waals surface area contributed by atoms with Crippen molar-refractivity contribution in [3.8, 4) is 0 Å². The zero-order valence-corrected chi connectivity index (χ0v) is 7.90. The molecule has 0 aromatic heterocycles. The van der Waals surface area contributed by atoms with E-state index in [0.717, 1.165) is 32.4 Å². The van der Waals surface area contributed by atoms with Crippen molar-refractivity contribution in [2.45, 2.75) is 25.7 Å². The highest BCUT2D eigenvalue weighted by Crippen LogP contribution is 2.16. The number of aliphatic carboxylic acids is 1. The quantitative estimate of drug-likeness (QED) is 0.695. The first kappa shape index (κ1) is 11.7. The van der Waals surface area contributed by atoms with Crippen LogP contribution in [-0.2, 0) is 4.79 Å². The molecule has 1 atom stereocenters. The van der Waals surface area contributed by atoms with E-state index in [-0.39, 0.29) is 12.4 Å². The van der Waals surface area contributed by atoms with Crippen LogP contribution >= 0.6 is 12.4 Å². The van der Waals surface area contributed by atoms with Crippen LogP contribution in [0.4, 0.5) is 0 Å². The minimum absolute atomic E-state index is 0. The maximum Gasteiger partial charge on any atom is 0.303 e. The van der Waals surface area contributed by atoms with Gasteiger partial charge in [0, 0.05) is 6.42 Å². The molecule has 0 spiro atoms. The lowest BCUT2D eigenvalue weighted by Gasteiger charge is -2.08. The zero-order chi connectivity index (χ0) is 8.10. The Labute approximate surface area is 78.9 Å². The summed E-state index contributed by atoms with van der Waals surface area (Å²) in [5.41, 5.74) is 0. The van der Waals surface area contributed by atoms with Gasteiger partial charge in [0.15, 0.2) is 0 Å². The van der Waals surface area contributed by atoms with Crippen molar-refractivity contribution in [2.24, 2.45) is 5.92 Å². The van der Waals surface area contributed by atoms with Gasteiger partial charge in [0.2, 0.25) is 0 Å². The topological polar surface area (TPSA) is 49.3 Å². The Balaban J connectivity index is 0.00000121. The van der Waals surface area contributed by atoms with E-state index >= 15 is 0 Å². The summed E-state index contributed by atoms with van der Waals surface area (Å²) in [6.07, 6.45) is 3.56. The van der Waals surface area contributed by atoms with Crippen molar-refractivity contribution >= 4 is 18.4 Å². The van der Waals surface area contributed by atoms with E-state index < -0.39 is 5.97 Å². The molecule has 2 N–H and O–H groups in total. The molecular formula is C8H16ClNO2. The fraction of sp³-hybridized carbons (Fsp3) is 0.875. The highest BCUT2D eigenvalue weighted by atomic mass is 35.5. The summed E-state index contributed by atoms with van der Waals surface area (Å²) in [4.78, 5) is 10.4. The van der Waals surface area contributed by atoms with E-state index in [1.54, 1.807) is 0 Å². The van der Waals surface area contributed by atoms with E-state index in [4.69, 9.17) is 5.11 Å². The second-order valence-corrected chi connectivity index (χ2v) is 3.14. The van der Waals surface area contributed by atoms with Crippen molar-refractivity contribution in [3.63, 3.8) is 0 Å². The van der Waals surface area contributed by atoms with Crippen molar-refractivity contribution in [2.75, 3.05) is 13.1 Å². The first-order valence-corrected chi connectivity index (χ1v) is 4.21. The van der Waals surface area contributed by atoms with E-state index in [1.807, 2.05) is 0 Å². The van der Waals surface area contributed by atoms with Crippen LogP contribution < -0.4 is 5.32 Å². The number of nitrogens with one attached hydrogen (secondary N) is 1. The molecule has 0 aliphatic carbocycles. The lowest BCUT2D eigenvalue weighted by molar-refractivity contribution is -0.138. The largest absolute Gasteiger partial charge is 0.481 e. The molecule has 1 saturated heterocycles. The van der Waals surface area contributed by atoms with Gasteiger partial charge in [0.25, 0.3) is 0 Å². The summed E-state index contributed by atoms with van der Waals surface area (Å²) in [5, 5.41) is 11.8. The predicted octanol–water partition coefficient (Wildman–Crippen LogP) is 1.27. The fourth-order valence-corrected chi connectivity index (χ4v) is 1.54. The van der Waals surface area contributed by atoms with Gasteiger partial charge in [-0.15, -0.1) is 12.4 Å². The number of carbonyl (C=O) groups is 1. The Hall–Kier alpha value is -0.280. The molecule has 0 aromatic rings. The predicted molar refractivity (Wildman–Crippen MR) is 49.7 cm³/mol. The third-order valence-corrected chi connectivity index (χ3v) is 2.16. The fourth-order valence-electron chi connectivity index (χ4n) is 1.54. The number of hydrogen-bond donors (Lipinski definition) is 2. The maximum atomic E-state index is 10.4. The van der Waals surface area contributed by atoms with Gasteiger partial charge in [0.05, 0.1) is 0 Å². The van der Waals surface area contributed by atoms with E-state index in [0.29, 0.717) is 12.3 Å². The summed E-state index contributed by atoms with van der Waals surface area (Å²) in [6.45, 7) is 2.04. The lowest BCUT2D eigenvalue weighted by Crippen LogP contribution is -2.14. The van der Waals surface area contributed by atoms with Gasteiger partial charge in [-0.2, -0.15) is 0 Å². The monoisotopic (exact) mass is 193 g/mol. The van der Waals surface area contributed by atoms with Gasteiger partial charge >= 0.3 is 5.97 Å². The van der Waals surface area contributed by atoms with Crippen molar-refractivity contribution in [1.29, 1.82) is 0 Å². The molecule has 12 heavy (non-hydrogen) atoms. The lowest BCUT2D eigenvalue weighted by atomic mass is 9.97. The minimum Gasteiger partial charge on any atom is -0.481 e. The minimum atomic E-state index is -0.656. The average Bonchev–Trinajstić information content (AvgIpc) is 2.14. The van der Waals surface area contributed by atoms with Crippen molar-refractivity contribution in [1.82, 2.24) is 5.32 Å². The van der Waals surface area contributed by atoms with E-state index in [1.165, 1.54) is 0 Å². The normalized spacial score (nSPS) is 23.8. The molecule has 4 heteroatoms. The van der Waals surface area contributed by atoms with Gasteiger partial charge in [-0.3, -0.25) is 4.79 Å². The molecule has 1 aliphatic heterocycles. The highest BCUT2D eigenvalue weighted by molar-refractivity contribution is 5.85. The molecule has 1 unspecified atom stereocenters. The Morgan fingerprint density at radius 1 is 1.42 bits per heavy atom. The van der Waals surface area contributed by atoms with Gasteiger partial charge in [0.1, 0.15) is 0 Å². The summed E-state index contributed by atoms with van der Waals surface area (Å²) in [6, 6.07) is 0. The number of carboxylic acid groups (broad SMARTS) is 1. The van der Waals surface area contributed by atoms with Crippen LogP contribution in [0.5, 0.6) is 0 Å². The third kappa shape index (κ3) is 4.57. The first-order chi connectivity index (χ1) is 5.29. The number of halogens is 1. The van der Waals surface area contributed by atoms with Crippen molar-refractivity contribution in [3.05, 3.63) is 0 Å². The third-order valence-electron chi connectivity index (χ3n) is 2.16. The zero-order valence-electron chi connectivity index (χ0n) is 7.08. The smallest absolute Gasteiger partial charge is 0.303 e. The maximum absolute atomic E-state index is 10.4. The Morgan fingerprint density at radius 3 is 2.83 bits per heavy atom. The summed E-state index contributed by atoms with van der Waals surface area (Å²) in [7, 11) is 0. The molecule has 1 fully saturated rings. The number of rotatable bonds is 2. The van der Waals surface area contributed by atoms with E-state index in [9.17, 15) is 4.79 Å². The molecule has 0 bridgehead atoms. The highest BCUT2D eigenvalue weighted by Gasteiger charge is 2.14. The molecule has 3 nitrogen and oxygen atoms in total. The molecule has 72 valence electrons. The van der Waals surface area contributed by atoms with Crippen LogP contribution in [0, 0.1) is 5.92 Å². The molecular weight excluding hydrogens is 178 g/mol. The van der Waals surface area contributed by atoms with Crippen molar-refractivity contribution < 1.29 is 9.90 Å². The average molecular weight is 194 g/mol. The van der Waals surface area contributed by atoms with Crippen LogP contribution in [0.1, 0.15) is 25.7 Å². The van der Waals surface area contributed by atoms with Crippen LogP contribution in [-0.4, -0.2) is 24.2 Å². The molecule has 0 saturated carbocycles. The first-order valence-electron chi connectivity index (χ1n) is 4.21. The molecule has 1 aliphatic rings. The van der Waals surface area contributed by atoms with Crippen LogP contribution in [0.25, 0.3) is 0 Å².